The van der Waals surface area contributed by atoms with Crippen LogP contribution < -0.4 is 24.4 Å². The van der Waals surface area contributed by atoms with Gasteiger partial charge >= 0.3 is 5.97 Å². The van der Waals surface area contributed by atoms with E-state index in [1.54, 1.807) is 18.4 Å². The molecule has 9 heteroatoms. The molecule has 2 heterocycles. The lowest BCUT2D eigenvalue weighted by molar-refractivity contribution is -0.139. The molecule has 1 aliphatic heterocycles. The summed E-state index contributed by atoms with van der Waals surface area (Å²) in [6, 6.07) is 25.3. The van der Waals surface area contributed by atoms with Crippen molar-refractivity contribution in [3.63, 3.8) is 0 Å². The van der Waals surface area contributed by atoms with Gasteiger partial charge in [0.2, 0.25) is 0 Å². The van der Waals surface area contributed by atoms with Crippen LogP contribution in [0.25, 0.3) is 16.8 Å². The number of rotatable bonds is 9. The van der Waals surface area contributed by atoms with Crippen LogP contribution in [-0.2, 0) is 16.1 Å². The summed E-state index contributed by atoms with van der Waals surface area (Å²) in [7, 11) is 0. The van der Waals surface area contributed by atoms with Crippen LogP contribution >= 0.6 is 27.3 Å². The van der Waals surface area contributed by atoms with Crippen LogP contribution in [0.4, 0.5) is 0 Å². The summed E-state index contributed by atoms with van der Waals surface area (Å²) in [4.78, 5) is 32.4. The van der Waals surface area contributed by atoms with Gasteiger partial charge in [-0.25, -0.2) is 9.79 Å². The minimum atomic E-state index is -0.659. The topological polar surface area (TPSA) is 79.1 Å². The van der Waals surface area contributed by atoms with Crippen molar-refractivity contribution in [2.45, 2.75) is 40.3 Å². The van der Waals surface area contributed by atoms with Gasteiger partial charge in [-0.05, 0) is 89.3 Å². The van der Waals surface area contributed by atoms with Crippen molar-refractivity contribution in [3.05, 3.63) is 137 Å². The van der Waals surface area contributed by atoms with E-state index in [1.807, 2.05) is 74.5 Å². The van der Waals surface area contributed by atoms with Crippen LogP contribution in [0.1, 0.15) is 49.1 Å². The average molecular weight is 698 g/mol. The zero-order chi connectivity index (χ0) is 32.4. The Bertz CT molecular complexity index is 2160. The first-order valence-electron chi connectivity index (χ1n) is 15.1. The molecular weight excluding hydrogens is 664 g/mol. The number of carbonyl (C=O) groups excluding carboxylic acids is 1. The first kappa shape index (κ1) is 31.5. The van der Waals surface area contributed by atoms with Crippen LogP contribution in [0.5, 0.6) is 11.5 Å². The van der Waals surface area contributed by atoms with Crippen LogP contribution in [0.15, 0.2) is 104 Å². The van der Waals surface area contributed by atoms with E-state index < -0.39 is 12.0 Å². The smallest absolute Gasteiger partial charge is 0.338 e. The number of ether oxygens (including phenoxy) is 3. The number of carbonyl (C=O) groups is 1. The van der Waals surface area contributed by atoms with E-state index in [0.717, 1.165) is 33.0 Å². The Hall–Kier alpha value is -4.47. The molecule has 0 aliphatic carbocycles. The number of hydrogen-bond donors (Lipinski definition) is 0. The molecule has 0 spiro atoms. The molecule has 6 rings (SSSR count). The molecular formula is C37H33BrN2O5S. The summed E-state index contributed by atoms with van der Waals surface area (Å²) in [5.74, 6) is 0.671. The Labute approximate surface area is 279 Å². The number of benzene rings is 4. The summed E-state index contributed by atoms with van der Waals surface area (Å²) >= 11 is 4.97. The van der Waals surface area contributed by atoms with Crippen molar-refractivity contribution in [2.24, 2.45) is 4.99 Å². The van der Waals surface area contributed by atoms with Gasteiger partial charge in [0.05, 0.1) is 39.5 Å². The van der Waals surface area contributed by atoms with Gasteiger partial charge in [-0.15, -0.1) is 0 Å². The highest BCUT2D eigenvalue weighted by molar-refractivity contribution is 9.10. The molecule has 0 bridgehead atoms. The van der Waals surface area contributed by atoms with E-state index in [4.69, 9.17) is 14.2 Å². The molecule has 7 nitrogen and oxygen atoms in total. The number of allylic oxidation sites excluding steroid dienone is 1. The largest absolute Gasteiger partial charge is 0.490 e. The molecule has 46 heavy (non-hydrogen) atoms. The third-order valence-electron chi connectivity index (χ3n) is 7.79. The van der Waals surface area contributed by atoms with E-state index in [9.17, 15) is 9.59 Å². The Kier molecular flexibility index (Phi) is 9.24. The molecule has 0 saturated heterocycles. The number of aryl methyl sites for hydroxylation is 1. The van der Waals surface area contributed by atoms with Gasteiger partial charge in [-0.3, -0.25) is 9.36 Å². The maximum atomic E-state index is 14.1. The van der Waals surface area contributed by atoms with Crippen LogP contribution in [0.2, 0.25) is 0 Å². The van der Waals surface area contributed by atoms with Gasteiger partial charge in [-0.2, -0.15) is 0 Å². The molecule has 1 aromatic heterocycles. The van der Waals surface area contributed by atoms with Crippen molar-refractivity contribution in [3.8, 4) is 11.5 Å². The molecule has 0 unspecified atom stereocenters. The molecule has 4 aromatic carbocycles. The predicted molar refractivity (Wildman–Crippen MR) is 185 cm³/mol. The van der Waals surface area contributed by atoms with Gasteiger partial charge < -0.3 is 14.2 Å². The van der Waals surface area contributed by atoms with E-state index in [2.05, 4.69) is 45.2 Å². The van der Waals surface area contributed by atoms with Crippen LogP contribution in [-0.4, -0.2) is 23.8 Å². The summed E-state index contributed by atoms with van der Waals surface area (Å²) in [5, 5.41) is 2.29. The number of thiazole rings is 1. The van der Waals surface area contributed by atoms with E-state index >= 15 is 0 Å². The second-order valence-corrected chi connectivity index (χ2v) is 12.8. The van der Waals surface area contributed by atoms with Crippen LogP contribution in [0, 0.1) is 6.92 Å². The third-order valence-corrected chi connectivity index (χ3v) is 9.36. The molecule has 0 amide bonds. The zero-order valence-corrected chi connectivity index (χ0v) is 28.4. The number of hydrogen-bond acceptors (Lipinski definition) is 7. The minimum absolute atomic E-state index is 0.222. The Morgan fingerprint density at radius 2 is 1.74 bits per heavy atom. The van der Waals surface area contributed by atoms with Crippen molar-refractivity contribution < 1.29 is 19.0 Å². The normalized spacial score (nSPS) is 14.6. The number of esters is 1. The minimum Gasteiger partial charge on any atom is -0.490 e. The summed E-state index contributed by atoms with van der Waals surface area (Å²) < 4.78 is 20.5. The number of nitrogens with zero attached hydrogens (tertiary/aromatic N) is 2. The summed E-state index contributed by atoms with van der Waals surface area (Å²) in [5.41, 5.74) is 4.36. The Morgan fingerprint density at radius 3 is 2.50 bits per heavy atom. The average Bonchev–Trinajstić information content (AvgIpc) is 3.34. The number of halogens is 1. The Morgan fingerprint density at radius 1 is 0.978 bits per heavy atom. The van der Waals surface area contributed by atoms with E-state index in [-0.39, 0.29) is 12.2 Å². The molecule has 234 valence electrons. The molecule has 1 atom stereocenters. The zero-order valence-electron chi connectivity index (χ0n) is 26.0. The Balaban J connectivity index is 1.40. The SMILES string of the molecule is CCOC(=O)C1=C(C)N=c2s/c(=C\c3cc(Br)c(OCc4cccc5ccccc45)c(OCC)c3)c(=O)n2[C@H]1c1ccc(C)cc1. The highest BCUT2D eigenvalue weighted by Crippen LogP contribution is 2.38. The van der Waals surface area contributed by atoms with Crippen LogP contribution in [0.3, 0.4) is 0 Å². The molecule has 0 fully saturated rings. The van der Waals surface area contributed by atoms with Crippen molar-refractivity contribution in [1.82, 2.24) is 4.57 Å². The summed E-state index contributed by atoms with van der Waals surface area (Å²) in [6.45, 7) is 8.48. The van der Waals surface area contributed by atoms with Gasteiger partial charge in [0.25, 0.3) is 5.56 Å². The number of fused-ring (bicyclic) bond motifs is 2. The first-order valence-corrected chi connectivity index (χ1v) is 16.7. The number of aromatic nitrogens is 1. The van der Waals surface area contributed by atoms with Crippen molar-refractivity contribution in [2.75, 3.05) is 13.2 Å². The monoisotopic (exact) mass is 696 g/mol. The lowest BCUT2D eigenvalue weighted by atomic mass is 9.95. The lowest BCUT2D eigenvalue weighted by Crippen LogP contribution is -2.39. The van der Waals surface area contributed by atoms with Gasteiger partial charge in [0, 0.05) is 0 Å². The molecule has 1 aliphatic rings. The van der Waals surface area contributed by atoms with Crippen molar-refractivity contribution in [1.29, 1.82) is 0 Å². The second kappa shape index (κ2) is 13.5. The van der Waals surface area contributed by atoms with E-state index in [1.165, 1.54) is 11.3 Å². The summed E-state index contributed by atoms with van der Waals surface area (Å²) in [6.07, 6.45) is 1.82. The fourth-order valence-corrected chi connectivity index (χ4v) is 7.27. The fraction of sp³-hybridized carbons (Fsp3) is 0.216. The fourth-order valence-electron chi connectivity index (χ4n) is 5.65. The molecule has 0 radical (unpaired) electrons. The highest BCUT2D eigenvalue weighted by atomic mass is 79.9. The molecule has 5 aromatic rings. The maximum Gasteiger partial charge on any atom is 0.338 e. The third kappa shape index (κ3) is 6.17. The molecule has 0 N–H and O–H groups in total. The lowest BCUT2D eigenvalue weighted by Gasteiger charge is -2.24. The maximum absolute atomic E-state index is 14.1. The molecule has 0 saturated carbocycles. The van der Waals surface area contributed by atoms with Gasteiger partial charge in [0.15, 0.2) is 16.3 Å². The van der Waals surface area contributed by atoms with Gasteiger partial charge in [-0.1, -0.05) is 83.6 Å². The van der Waals surface area contributed by atoms with Gasteiger partial charge in [0.1, 0.15) is 6.61 Å². The second-order valence-electron chi connectivity index (χ2n) is 10.9. The predicted octanol–water partition coefficient (Wildman–Crippen LogP) is 7.00. The highest BCUT2D eigenvalue weighted by Gasteiger charge is 2.33. The van der Waals surface area contributed by atoms with Crippen molar-refractivity contribution >= 4 is 50.1 Å². The van der Waals surface area contributed by atoms with E-state index in [0.29, 0.717) is 49.8 Å². The quantitative estimate of drug-likeness (QED) is 0.155. The standard InChI is InChI=1S/C37H33BrN2O5S/c1-5-43-30-19-24(18-29(38)34(30)45-21-27-12-9-11-25-10-7-8-13-28(25)27)20-31-35(41)40-33(26-16-14-22(3)15-17-26)32(36(42)44-6-2)23(4)39-37(40)46-31/h7-20,33H,5-6,21H2,1-4H3/b31-20-/t33-/m0/s1. The first-order chi connectivity index (χ1) is 22.3.